The molecule has 0 spiro atoms. The Morgan fingerprint density at radius 3 is 2.50 bits per heavy atom. The van der Waals surface area contributed by atoms with Crippen LogP contribution in [0.4, 0.5) is 5.82 Å². The van der Waals surface area contributed by atoms with Crippen LogP contribution >= 0.6 is 0 Å². The quantitative estimate of drug-likeness (QED) is 0.696. The van der Waals surface area contributed by atoms with Gasteiger partial charge in [-0.25, -0.2) is 4.98 Å². The van der Waals surface area contributed by atoms with Crippen molar-refractivity contribution in [2.45, 2.75) is 13.8 Å². The topological polar surface area (TPSA) is 36.4 Å². The molecule has 1 aromatic rings. The maximum absolute atomic E-state index is 10.6. The highest BCUT2D eigenvalue weighted by Crippen LogP contribution is 2.18. The smallest absolute Gasteiger partial charge is 0.209 e. The zero-order valence-electron chi connectivity index (χ0n) is 9.81. The van der Waals surface area contributed by atoms with E-state index in [1.165, 1.54) is 11.1 Å². The molecule has 0 aromatic carbocycles. The minimum absolute atomic E-state index is 0.790. The van der Waals surface area contributed by atoms with E-state index in [0.29, 0.717) is 0 Å². The first-order valence-electron chi connectivity index (χ1n) is 5.58. The van der Waals surface area contributed by atoms with Crippen LogP contribution in [0.2, 0.25) is 0 Å². The van der Waals surface area contributed by atoms with Gasteiger partial charge in [0.2, 0.25) is 6.41 Å². The molecule has 1 fully saturated rings. The number of aromatic nitrogens is 1. The van der Waals surface area contributed by atoms with Crippen LogP contribution in [0.1, 0.15) is 11.1 Å². The van der Waals surface area contributed by atoms with Gasteiger partial charge in [-0.2, -0.15) is 0 Å². The lowest BCUT2D eigenvalue weighted by Gasteiger charge is -2.34. The minimum Gasteiger partial charge on any atom is -0.353 e. The Morgan fingerprint density at radius 2 is 1.94 bits per heavy atom. The van der Waals surface area contributed by atoms with Gasteiger partial charge < -0.3 is 9.80 Å². The number of piperazine rings is 1. The van der Waals surface area contributed by atoms with E-state index in [1.54, 1.807) is 4.90 Å². The van der Waals surface area contributed by atoms with Gasteiger partial charge in [-0.3, -0.25) is 4.79 Å². The number of aryl methyl sites for hydroxylation is 2. The van der Waals surface area contributed by atoms with Crippen LogP contribution in [-0.2, 0) is 4.79 Å². The molecule has 86 valence electrons. The molecular weight excluding hydrogens is 202 g/mol. The van der Waals surface area contributed by atoms with E-state index < -0.39 is 0 Å². The zero-order chi connectivity index (χ0) is 11.5. The summed E-state index contributed by atoms with van der Waals surface area (Å²) in [5.74, 6) is 1.05. The average molecular weight is 219 g/mol. The van der Waals surface area contributed by atoms with E-state index in [9.17, 15) is 4.79 Å². The van der Waals surface area contributed by atoms with Crippen LogP contribution < -0.4 is 4.90 Å². The molecule has 2 rings (SSSR count). The van der Waals surface area contributed by atoms with Crippen LogP contribution in [0.3, 0.4) is 0 Å². The third-order valence-electron chi connectivity index (χ3n) is 2.95. The third-order valence-corrected chi connectivity index (χ3v) is 2.95. The first kappa shape index (κ1) is 10.9. The Morgan fingerprint density at radius 1 is 1.25 bits per heavy atom. The van der Waals surface area contributed by atoms with E-state index in [2.05, 4.69) is 22.9 Å². The van der Waals surface area contributed by atoms with Gasteiger partial charge in [0, 0.05) is 32.4 Å². The highest BCUT2D eigenvalue weighted by Gasteiger charge is 2.17. The third kappa shape index (κ3) is 2.15. The summed E-state index contributed by atoms with van der Waals surface area (Å²) < 4.78 is 0. The van der Waals surface area contributed by atoms with Gasteiger partial charge in [-0.05, 0) is 25.0 Å². The van der Waals surface area contributed by atoms with Gasteiger partial charge in [0.25, 0.3) is 0 Å². The van der Waals surface area contributed by atoms with E-state index in [0.717, 1.165) is 38.4 Å². The number of nitrogens with zero attached hydrogens (tertiary/aromatic N) is 3. The van der Waals surface area contributed by atoms with Crippen LogP contribution in [0.25, 0.3) is 0 Å². The Labute approximate surface area is 95.9 Å². The standard InChI is InChI=1S/C12H17N3O/c1-10-7-11(2)12(13-8-10)15-5-3-14(9-16)4-6-15/h7-9H,3-6H2,1-2H3. The van der Waals surface area contributed by atoms with Crippen molar-refractivity contribution in [1.29, 1.82) is 0 Å². The molecule has 1 aliphatic rings. The maximum Gasteiger partial charge on any atom is 0.209 e. The second-order valence-corrected chi connectivity index (χ2v) is 4.28. The highest BCUT2D eigenvalue weighted by atomic mass is 16.1. The van der Waals surface area contributed by atoms with Crippen LogP contribution in [0.15, 0.2) is 12.3 Å². The van der Waals surface area contributed by atoms with Gasteiger partial charge in [0.05, 0.1) is 0 Å². The van der Waals surface area contributed by atoms with Crippen molar-refractivity contribution in [3.05, 3.63) is 23.4 Å². The van der Waals surface area contributed by atoms with Crippen molar-refractivity contribution < 1.29 is 4.79 Å². The summed E-state index contributed by atoms with van der Waals surface area (Å²) in [5, 5.41) is 0. The summed E-state index contributed by atoms with van der Waals surface area (Å²) in [6.45, 7) is 7.46. The largest absolute Gasteiger partial charge is 0.353 e. The summed E-state index contributed by atoms with van der Waals surface area (Å²) in [6.07, 6.45) is 2.82. The lowest BCUT2D eigenvalue weighted by atomic mass is 10.2. The first-order chi connectivity index (χ1) is 7.70. The molecule has 0 unspecified atom stereocenters. The van der Waals surface area contributed by atoms with Gasteiger partial charge in [0.1, 0.15) is 5.82 Å². The van der Waals surface area contributed by atoms with Crippen LogP contribution in [0.5, 0.6) is 0 Å². The molecular formula is C12H17N3O. The Hall–Kier alpha value is -1.58. The van der Waals surface area contributed by atoms with Gasteiger partial charge >= 0.3 is 0 Å². The monoisotopic (exact) mass is 219 g/mol. The Balaban J connectivity index is 2.11. The predicted molar refractivity (Wildman–Crippen MR) is 63.6 cm³/mol. The number of rotatable bonds is 2. The number of pyridine rings is 1. The van der Waals surface area contributed by atoms with Crippen molar-refractivity contribution in [2.75, 3.05) is 31.1 Å². The first-order valence-corrected chi connectivity index (χ1v) is 5.58. The number of carbonyl (C=O) groups is 1. The minimum atomic E-state index is 0.790. The number of hydrogen-bond donors (Lipinski definition) is 0. The zero-order valence-corrected chi connectivity index (χ0v) is 9.81. The molecule has 0 saturated carbocycles. The lowest BCUT2D eigenvalue weighted by molar-refractivity contribution is -0.118. The van der Waals surface area contributed by atoms with Crippen LogP contribution in [-0.4, -0.2) is 42.5 Å². The summed E-state index contributed by atoms with van der Waals surface area (Å²) in [5.41, 5.74) is 2.40. The number of hydrogen-bond acceptors (Lipinski definition) is 3. The van der Waals surface area contributed by atoms with Gasteiger partial charge in [0.15, 0.2) is 0 Å². The van der Waals surface area contributed by atoms with Crippen molar-refractivity contribution in [1.82, 2.24) is 9.88 Å². The van der Waals surface area contributed by atoms with Gasteiger partial charge in [-0.1, -0.05) is 6.07 Å². The van der Waals surface area contributed by atoms with E-state index >= 15 is 0 Å². The Bertz CT molecular complexity index is 384. The van der Waals surface area contributed by atoms with Crippen molar-refractivity contribution in [2.24, 2.45) is 0 Å². The molecule has 0 bridgehead atoms. The predicted octanol–water partition coefficient (Wildman–Crippen LogP) is 0.977. The molecule has 1 aromatic heterocycles. The highest BCUT2D eigenvalue weighted by molar-refractivity contribution is 5.51. The molecule has 4 heteroatoms. The summed E-state index contributed by atoms with van der Waals surface area (Å²) in [7, 11) is 0. The van der Waals surface area contributed by atoms with E-state index in [1.807, 2.05) is 13.1 Å². The van der Waals surface area contributed by atoms with Crippen molar-refractivity contribution in [3.8, 4) is 0 Å². The van der Waals surface area contributed by atoms with Crippen molar-refractivity contribution in [3.63, 3.8) is 0 Å². The average Bonchev–Trinajstić information content (AvgIpc) is 2.29. The van der Waals surface area contributed by atoms with E-state index in [4.69, 9.17) is 0 Å². The fourth-order valence-corrected chi connectivity index (χ4v) is 2.08. The number of anilines is 1. The van der Waals surface area contributed by atoms with Crippen LogP contribution in [0, 0.1) is 13.8 Å². The SMILES string of the molecule is Cc1cnc(N2CCN(C=O)CC2)c(C)c1. The fourth-order valence-electron chi connectivity index (χ4n) is 2.08. The molecule has 0 radical (unpaired) electrons. The van der Waals surface area contributed by atoms with Gasteiger partial charge in [-0.15, -0.1) is 0 Å². The molecule has 1 amide bonds. The molecule has 0 N–H and O–H groups in total. The summed E-state index contributed by atoms with van der Waals surface area (Å²) in [6, 6.07) is 2.15. The normalized spacial score (nSPS) is 16.4. The maximum atomic E-state index is 10.6. The Kier molecular flexibility index (Phi) is 3.08. The fraction of sp³-hybridized carbons (Fsp3) is 0.500. The molecule has 16 heavy (non-hydrogen) atoms. The van der Waals surface area contributed by atoms with Crippen molar-refractivity contribution >= 4 is 12.2 Å². The molecule has 4 nitrogen and oxygen atoms in total. The molecule has 1 aliphatic heterocycles. The van der Waals surface area contributed by atoms with E-state index in [-0.39, 0.29) is 0 Å². The second kappa shape index (κ2) is 4.51. The molecule has 2 heterocycles. The second-order valence-electron chi connectivity index (χ2n) is 4.28. The molecule has 1 saturated heterocycles. The molecule has 0 atom stereocenters. The number of carbonyl (C=O) groups excluding carboxylic acids is 1. The summed E-state index contributed by atoms with van der Waals surface area (Å²) in [4.78, 5) is 19.1. The lowest BCUT2D eigenvalue weighted by Crippen LogP contribution is -2.46. The molecule has 0 aliphatic carbocycles. The summed E-state index contributed by atoms with van der Waals surface area (Å²) >= 11 is 0. The number of amides is 1.